The van der Waals surface area contributed by atoms with Gasteiger partial charge >= 0.3 is 6.18 Å². The normalized spacial score (nSPS) is 11.6. The van der Waals surface area contributed by atoms with Gasteiger partial charge in [0.05, 0.1) is 22.2 Å². The van der Waals surface area contributed by atoms with Gasteiger partial charge in [0.25, 0.3) is 5.91 Å². The third kappa shape index (κ3) is 2.52. The number of alkyl halides is 3. The number of benzene rings is 2. The van der Waals surface area contributed by atoms with Crippen molar-refractivity contribution in [1.29, 1.82) is 0 Å². The molecular formula is C15H10F3N3O. The smallest absolute Gasteiger partial charge is 0.267 e. The van der Waals surface area contributed by atoms with Gasteiger partial charge in [0.1, 0.15) is 6.33 Å². The first-order valence-corrected chi connectivity index (χ1v) is 6.36. The summed E-state index contributed by atoms with van der Waals surface area (Å²) in [5.74, 6) is -0.851. The van der Waals surface area contributed by atoms with Crippen LogP contribution in [0.25, 0.3) is 11.0 Å². The van der Waals surface area contributed by atoms with Crippen molar-refractivity contribution in [3.05, 3.63) is 66.0 Å². The average molecular weight is 305 g/mol. The highest BCUT2D eigenvalue weighted by molar-refractivity contribution is 6.02. The fourth-order valence-electron chi connectivity index (χ4n) is 2.15. The van der Waals surface area contributed by atoms with E-state index in [2.05, 4.69) is 10.4 Å². The standard InChI is InChI=1S/C15H10F3N3O/c16-15(17,18)11-6-2-1-5-10(11)14(22)20-21-9-19-12-7-3-4-8-13(12)21/h1-9H,(H,20,22). The summed E-state index contributed by atoms with van der Waals surface area (Å²) in [5.41, 5.74) is 2.23. The van der Waals surface area contributed by atoms with Crippen molar-refractivity contribution < 1.29 is 18.0 Å². The first kappa shape index (κ1) is 14.1. The van der Waals surface area contributed by atoms with Crippen LogP contribution in [-0.4, -0.2) is 15.6 Å². The highest BCUT2D eigenvalue weighted by atomic mass is 19.4. The lowest BCUT2D eigenvalue weighted by Gasteiger charge is -2.13. The minimum atomic E-state index is -4.59. The molecule has 0 aliphatic rings. The van der Waals surface area contributed by atoms with Gasteiger partial charge in [-0.25, -0.2) is 9.66 Å². The molecular weight excluding hydrogens is 295 g/mol. The number of hydrogen-bond donors (Lipinski definition) is 1. The first-order chi connectivity index (χ1) is 10.5. The van der Waals surface area contributed by atoms with Crippen LogP contribution in [0.4, 0.5) is 13.2 Å². The number of imidazole rings is 1. The topological polar surface area (TPSA) is 46.9 Å². The zero-order valence-corrected chi connectivity index (χ0v) is 11.1. The van der Waals surface area contributed by atoms with Crippen LogP contribution >= 0.6 is 0 Å². The molecule has 1 heterocycles. The third-order valence-electron chi connectivity index (χ3n) is 3.15. The number of halogens is 3. The van der Waals surface area contributed by atoms with E-state index in [-0.39, 0.29) is 0 Å². The predicted molar refractivity (Wildman–Crippen MR) is 74.9 cm³/mol. The Kier molecular flexibility index (Phi) is 3.32. The molecule has 22 heavy (non-hydrogen) atoms. The highest BCUT2D eigenvalue weighted by Gasteiger charge is 2.34. The number of amides is 1. The molecule has 0 aliphatic carbocycles. The molecule has 0 saturated heterocycles. The molecule has 4 nitrogen and oxygen atoms in total. The van der Waals surface area contributed by atoms with Crippen molar-refractivity contribution in [2.75, 3.05) is 5.43 Å². The summed E-state index contributed by atoms with van der Waals surface area (Å²) in [6, 6.07) is 11.6. The summed E-state index contributed by atoms with van der Waals surface area (Å²) in [4.78, 5) is 16.2. The van der Waals surface area contributed by atoms with Gasteiger partial charge in [-0.3, -0.25) is 10.2 Å². The summed E-state index contributed by atoms with van der Waals surface area (Å²) in [6.45, 7) is 0. The molecule has 1 N–H and O–H groups in total. The number of aromatic nitrogens is 2. The van der Waals surface area contributed by atoms with Crippen LogP contribution in [0, 0.1) is 0 Å². The molecule has 0 fully saturated rings. The van der Waals surface area contributed by atoms with Crippen molar-refractivity contribution in [3.8, 4) is 0 Å². The SMILES string of the molecule is O=C(Nn1cnc2ccccc21)c1ccccc1C(F)(F)F. The molecule has 0 atom stereocenters. The molecule has 3 aromatic rings. The number of rotatable bonds is 2. The second kappa shape index (κ2) is 5.18. The summed E-state index contributed by atoms with van der Waals surface area (Å²) < 4.78 is 40.1. The number of fused-ring (bicyclic) bond motifs is 1. The van der Waals surface area contributed by atoms with Crippen LogP contribution in [0.1, 0.15) is 15.9 Å². The molecule has 0 saturated carbocycles. The van der Waals surface area contributed by atoms with Gasteiger partial charge in [0.2, 0.25) is 0 Å². The zero-order chi connectivity index (χ0) is 15.7. The van der Waals surface area contributed by atoms with E-state index < -0.39 is 23.2 Å². The van der Waals surface area contributed by atoms with E-state index in [4.69, 9.17) is 0 Å². The van der Waals surface area contributed by atoms with E-state index in [1.807, 2.05) is 0 Å². The fourth-order valence-corrected chi connectivity index (χ4v) is 2.15. The van der Waals surface area contributed by atoms with Crippen molar-refractivity contribution in [2.45, 2.75) is 6.18 Å². The van der Waals surface area contributed by atoms with E-state index >= 15 is 0 Å². The van der Waals surface area contributed by atoms with E-state index in [1.165, 1.54) is 23.1 Å². The lowest BCUT2D eigenvalue weighted by molar-refractivity contribution is -0.137. The molecule has 7 heteroatoms. The van der Waals surface area contributed by atoms with Crippen LogP contribution < -0.4 is 5.43 Å². The van der Waals surface area contributed by atoms with Gasteiger partial charge in [-0.1, -0.05) is 24.3 Å². The Morgan fingerprint density at radius 1 is 1.05 bits per heavy atom. The number of carbonyl (C=O) groups is 1. The molecule has 2 aromatic carbocycles. The van der Waals surface area contributed by atoms with E-state index in [0.717, 1.165) is 12.1 Å². The van der Waals surface area contributed by atoms with Crippen molar-refractivity contribution in [1.82, 2.24) is 9.66 Å². The molecule has 0 spiro atoms. The van der Waals surface area contributed by atoms with Crippen LogP contribution in [0.3, 0.4) is 0 Å². The van der Waals surface area contributed by atoms with Crippen molar-refractivity contribution >= 4 is 16.9 Å². The van der Waals surface area contributed by atoms with Gasteiger partial charge in [-0.2, -0.15) is 13.2 Å². The molecule has 1 amide bonds. The lowest BCUT2D eigenvalue weighted by atomic mass is 10.1. The minimum Gasteiger partial charge on any atom is -0.267 e. The van der Waals surface area contributed by atoms with E-state index in [9.17, 15) is 18.0 Å². The number of para-hydroxylation sites is 2. The molecule has 0 bridgehead atoms. The highest BCUT2D eigenvalue weighted by Crippen LogP contribution is 2.31. The van der Waals surface area contributed by atoms with E-state index in [0.29, 0.717) is 11.0 Å². The Morgan fingerprint density at radius 3 is 2.50 bits per heavy atom. The quantitative estimate of drug-likeness (QED) is 0.788. The maximum Gasteiger partial charge on any atom is 0.417 e. The number of nitrogens with one attached hydrogen (secondary N) is 1. The summed E-state index contributed by atoms with van der Waals surface area (Å²) in [7, 11) is 0. The molecule has 1 aromatic heterocycles. The number of carbonyl (C=O) groups excluding carboxylic acids is 1. The van der Waals surface area contributed by atoms with Crippen LogP contribution in [-0.2, 0) is 6.18 Å². The maximum atomic E-state index is 12.9. The monoisotopic (exact) mass is 305 g/mol. The zero-order valence-electron chi connectivity index (χ0n) is 11.1. The minimum absolute atomic E-state index is 0.437. The lowest BCUT2D eigenvalue weighted by Crippen LogP contribution is -2.25. The van der Waals surface area contributed by atoms with Gasteiger partial charge < -0.3 is 0 Å². The second-order valence-electron chi connectivity index (χ2n) is 4.59. The van der Waals surface area contributed by atoms with Crippen LogP contribution in [0.15, 0.2) is 54.9 Å². The average Bonchev–Trinajstić information content (AvgIpc) is 2.90. The van der Waals surface area contributed by atoms with E-state index in [1.54, 1.807) is 24.3 Å². The summed E-state index contributed by atoms with van der Waals surface area (Å²) in [6.07, 6.45) is -3.25. The maximum absolute atomic E-state index is 12.9. The van der Waals surface area contributed by atoms with Crippen LogP contribution in [0.2, 0.25) is 0 Å². The summed E-state index contributed by atoms with van der Waals surface area (Å²) >= 11 is 0. The third-order valence-corrected chi connectivity index (χ3v) is 3.15. The molecule has 3 rings (SSSR count). The fraction of sp³-hybridized carbons (Fsp3) is 0.0667. The molecule has 0 unspecified atom stereocenters. The molecule has 112 valence electrons. The second-order valence-corrected chi connectivity index (χ2v) is 4.59. The number of hydrogen-bond acceptors (Lipinski definition) is 2. The van der Waals surface area contributed by atoms with Crippen molar-refractivity contribution in [3.63, 3.8) is 0 Å². The predicted octanol–water partition coefficient (Wildman–Crippen LogP) is 3.44. The van der Waals surface area contributed by atoms with Crippen LogP contribution in [0.5, 0.6) is 0 Å². The Morgan fingerprint density at radius 2 is 1.73 bits per heavy atom. The largest absolute Gasteiger partial charge is 0.417 e. The Bertz CT molecular complexity index is 839. The Labute approximate surface area is 123 Å². The summed E-state index contributed by atoms with van der Waals surface area (Å²) in [5, 5.41) is 0. The van der Waals surface area contributed by atoms with Gasteiger partial charge in [-0.15, -0.1) is 0 Å². The van der Waals surface area contributed by atoms with Gasteiger partial charge in [0, 0.05) is 0 Å². The Balaban J connectivity index is 1.96. The Hall–Kier alpha value is -2.83. The molecule has 0 radical (unpaired) electrons. The van der Waals surface area contributed by atoms with Gasteiger partial charge in [0.15, 0.2) is 0 Å². The first-order valence-electron chi connectivity index (χ1n) is 6.36. The molecule has 0 aliphatic heterocycles. The number of nitrogens with zero attached hydrogens (tertiary/aromatic N) is 2. The van der Waals surface area contributed by atoms with Gasteiger partial charge in [-0.05, 0) is 24.3 Å². The van der Waals surface area contributed by atoms with Crippen molar-refractivity contribution in [2.24, 2.45) is 0 Å².